The molecule has 0 unspecified atom stereocenters. The summed E-state index contributed by atoms with van der Waals surface area (Å²) in [6, 6.07) is 5.91. The van der Waals surface area contributed by atoms with Crippen molar-refractivity contribution in [1.82, 2.24) is 0 Å². The third-order valence-electron chi connectivity index (χ3n) is 3.59. The number of aliphatic hydroxyl groups excluding tert-OH is 1. The summed E-state index contributed by atoms with van der Waals surface area (Å²) >= 11 is 0. The SMILES string of the molecule is CC(=O)OC[C@@H]1O[C@H](O)[C@@H](OC(C)=O)[C@H]1OS(=O)(=O)c1ccc(C)cc1. The lowest BCUT2D eigenvalue weighted by atomic mass is 10.1. The molecular formula is C16H20O9S. The normalized spacial score (nSPS) is 25.7. The quantitative estimate of drug-likeness (QED) is 0.540. The lowest BCUT2D eigenvalue weighted by Gasteiger charge is -2.22. The molecule has 0 amide bonds. The van der Waals surface area contributed by atoms with E-state index in [-0.39, 0.29) is 11.5 Å². The second kappa shape index (κ2) is 8.12. The number of hydrogen-bond acceptors (Lipinski definition) is 9. The molecule has 0 radical (unpaired) electrons. The van der Waals surface area contributed by atoms with E-state index in [2.05, 4.69) is 0 Å². The molecular weight excluding hydrogens is 368 g/mol. The Kier molecular flexibility index (Phi) is 6.34. The van der Waals surface area contributed by atoms with E-state index in [1.165, 1.54) is 12.1 Å². The molecule has 1 heterocycles. The summed E-state index contributed by atoms with van der Waals surface area (Å²) in [5.74, 6) is -1.38. The summed E-state index contributed by atoms with van der Waals surface area (Å²) in [7, 11) is -4.25. The van der Waals surface area contributed by atoms with E-state index in [0.717, 1.165) is 19.4 Å². The van der Waals surface area contributed by atoms with Crippen molar-refractivity contribution in [3.8, 4) is 0 Å². The van der Waals surface area contributed by atoms with Crippen LogP contribution in [-0.4, -0.2) is 56.7 Å². The number of esters is 2. The zero-order valence-corrected chi connectivity index (χ0v) is 15.3. The van der Waals surface area contributed by atoms with Crippen molar-refractivity contribution in [3.63, 3.8) is 0 Å². The minimum atomic E-state index is -4.25. The highest BCUT2D eigenvalue weighted by molar-refractivity contribution is 7.86. The molecule has 0 bridgehead atoms. The molecule has 0 aliphatic carbocycles. The molecule has 1 aliphatic rings. The smallest absolute Gasteiger partial charge is 0.303 e. The highest BCUT2D eigenvalue weighted by Crippen LogP contribution is 2.29. The first-order chi connectivity index (χ1) is 12.1. The summed E-state index contributed by atoms with van der Waals surface area (Å²) in [5.41, 5.74) is 0.856. The summed E-state index contributed by atoms with van der Waals surface area (Å²) in [4.78, 5) is 22.1. The predicted molar refractivity (Wildman–Crippen MR) is 86.3 cm³/mol. The van der Waals surface area contributed by atoms with Gasteiger partial charge < -0.3 is 19.3 Å². The summed E-state index contributed by atoms with van der Waals surface area (Å²) in [5, 5.41) is 9.93. The Balaban J connectivity index is 2.26. The van der Waals surface area contributed by atoms with Gasteiger partial charge in [-0.3, -0.25) is 13.8 Å². The predicted octanol–water partition coefficient (Wildman–Crippen LogP) is 0.281. The van der Waals surface area contributed by atoms with Crippen molar-refractivity contribution in [2.75, 3.05) is 6.61 Å². The highest BCUT2D eigenvalue weighted by Gasteiger charge is 2.50. The molecule has 26 heavy (non-hydrogen) atoms. The first kappa shape index (κ1) is 20.3. The van der Waals surface area contributed by atoms with E-state index >= 15 is 0 Å². The molecule has 2 rings (SSSR count). The first-order valence-corrected chi connectivity index (χ1v) is 9.15. The van der Waals surface area contributed by atoms with E-state index in [4.69, 9.17) is 18.4 Å². The first-order valence-electron chi connectivity index (χ1n) is 7.74. The van der Waals surface area contributed by atoms with Gasteiger partial charge in [-0.15, -0.1) is 0 Å². The van der Waals surface area contributed by atoms with E-state index in [1.807, 2.05) is 0 Å². The molecule has 144 valence electrons. The Hall–Kier alpha value is -2.01. The number of hydrogen-bond donors (Lipinski definition) is 1. The molecule has 1 aromatic carbocycles. The van der Waals surface area contributed by atoms with Crippen LogP contribution in [0.5, 0.6) is 0 Å². The monoisotopic (exact) mass is 388 g/mol. The molecule has 9 nitrogen and oxygen atoms in total. The molecule has 1 fully saturated rings. The number of carbonyl (C=O) groups excluding carboxylic acids is 2. The largest absolute Gasteiger partial charge is 0.463 e. The highest BCUT2D eigenvalue weighted by atomic mass is 32.2. The maximum Gasteiger partial charge on any atom is 0.303 e. The second-order valence-electron chi connectivity index (χ2n) is 5.77. The summed E-state index contributed by atoms with van der Waals surface area (Å²) < 4.78 is 45.1. The zero-order valence-electron chi connectivity index (χ0n) is 14.4. The van der Waals surface area contributed by atoms with Crippen molar-refractivity contribution >= 4 is 22.1 Å². The van der Waals surface area contributed by atoms with Gasteiger partial charge in [0.2, 0.25) is 0 Å². The lowest BCUT2D eigenvalue weighted by Crippen LogP contribution is -2.41. The minimum Gasteiger partial charge on any atom is -0.463 e. The molecule has 1 aromatic rings. The van der Waals surface area contributed by atoms with E-state index in [9.17, 15) is 23.1 Å². The van der Waals surface area contributed by atoms with Crippen LogP contribution in [0, 0.1) is 6.92 Å². The number of carbonyl (C=O) groups is 2. The van der Waals surface area contributed by atoms with Crippen molar-refractivity contribution in [3.05, 3.63) is 29.8 Å². The van der Waals surface area contributed by atoms with Gasteiger partial charge in [0, 0.05) is 13.8 Å². The van der Waals surface area contributed by atoms with Crippen LogP contribution < -0.4 is 0 Å². The van der Waals surface area contributed by atoms with E-state index in [0.29, 0.717) is 0 Å². The van der Waals surface area contributed by atoms with Crippen LogP contribution in [0.4, 0.5) is 0 Å². The Morgan fingerprint density at radius 3 is 2.27 bits per heavy atom. The minimum absolute atomic E-state index is 0.114. The molecule has 0 spiro atoms. The van der Waals surface area contributed by atoms with Gasteiger partial charge in [-0.1, -0.05) is 17.7 Å². The van der Waals surface area contributed by atoms with Crippen molar-refractivity contribution in [1.29, 1.82) is 0 Å². The number of aliphatic hydroxyl groups is 1. The molecule has 4 atom stereocenters. The fourth-order valence-electron chi connectivity index (χ4n) is 2.38. The average Bonchev–Trinajstić information content (AvgIpc) is 2.81. The third kappa shape index (κ3) is 5.01. The van der Waals surface area contributed by atoms with Gasteiger partial charge in [-0.2, -0.15) is 8.42 Å². The van der Waals surface area contributed by atoms with Gasteiger partial charge in [0.25, 0.3) is 10.1 Å². The molecule has 10 heteroatoms. The Morgan fingerprint density at radius 1 is 1.12 bits per heavy atom. The molecule has 0 saturated carbocycles. The fraction of sp³-hybridized carbons (Fsp3) is 0.500. The van der Waals surface area contributed by atoms with Gasteiger partial charge in [0.1, 0.15) is 18.8 Å². The standard InChI is InChI=1S/C16H20O9S/c1-9-4-6-12(7-5-9)26(20,21)25-14-13(8-22-10(2)17)24-16(19)15(14)23-11(3)18/h4-7,13-16,19H,8H2,1-3H3/t13-,14-,15-,16-/m0/s1. The van der Waals surface area contributed by atoms with Crippen LogP contribution in [0.15, 0.2) is 29.2 Å². The van der Waals surface area contributed by atoms with Crippen LogP contribution in [-0.2, 0) is 38.1 Å². The molecule has 0 aromatic heterocycles. The van der Waals surface area contributed by atoms with Crippen molar-refractivity contribution in [2.45, 2.75) is 50.3 Å². The van der Waals surface area contributed by atoms with Gasteiger partial charge in [-0.25, -0.2) is 0 Å². The third-order valence-corrected chi connectivity index (χ3v) is 4.91. The maximum atomic E-state index is 12.5. The van der Waals surface area contributed by atoms with Crippen LogP contribution in [0.25, 0.3) is 0 Å². The lowest BCUT2D eigenvalue weighted by molar-refractivity contribution is -0.171. The molecule has 1 N–H and O–H groups in total. The van der Waals surface area contributed by atoms with Gasteiger partial charge >= 0.3 is 11.9 Å². The van der Waals surface area contributed by atoms with Crippen molar-refractivity contribution in [2.24, 2.45) is 0 Å². The second-order valence-corrected chi connectivity index (χ2v) is 7.34. The van der Waals surface area contributed by atoms with Gasteiger partial charge in [0.05, 0.1) is 4.90 Å². The number of benzene rings is 1. The van der Waals surface area contributed by atoms with E-state index in [1.54, 1.807) is 19.1 Å². The van der Waals surface area contributed by atoms with Crippen LogP contribution in [0.2, 0.25) is 0 Å². The Bertz CT molecular complexity index is 756. The maximum absolute atomic E-state index is 12.5. The molecule has 1 saturated heterocycles. The molecule has 1 aliphatic heterocycles. The summed E-state index contributed by atoms with van der Waals surface area (Å²) in [6.45, 7) is 3.67. The van der Waals surface area contributed by atoms with Crippen LogP contribution in [0.1, 0.15) is 19.4 Å². The topological polar surface area (TPSA) is 125 Å². The van der Waals surface area contributed by atoms with Gasteiger partial charge in [0.15, 0.2) is 12.4 Å². The number of aryl methyl sites for hydroxylation is 1. The van der Waals surface area contributed by atoms with E-state index < -0.39 is 46.7 Å². The fourth-order valence-corrected chi connectivity index (χ4v) is 3.49. The Morgan fingerprint density at radius 2 is 1.73 bits per heavy atom. The number of rotatable bonds is 6. The van der Waals surface area contributed by atoms with Gasteiger partial charge in [-0.05, 0) is 19.1 Å². The van der Waals surface area contributed by atoms with Crippen LogP contribution in [0.3, 0.4) is 0 Å². The van der Waals surface area contributed by atoms with Crippen LogP contribution >= 0.6 is 0 Å². The zero-order chi connectivity index (χ0) is 19.5. The average molecular weight is 388 g/mol. The summed E-state index contributed by atoms with van der Waals surface area (Å²) in [6.07, 6.45) is -5.55. The Labute approximate surface area is 150 Å². The van der Waals surface area contributed by atoms with Crippen molar-refractivity contribution < 1.29 is 41.5 Å². The number of ether oxygens (including phenoxy) is 3.